The number of aromatic nitrogens is 4. The summed E-state index contributed by atoms with van der Waals surface area (Å²) < 4.78 is 3.92. The summed E-state index contributed by atoms with van der Waals surface area (Å²) in [6.07, 6.45) is 5.89. The Morgan fingerprint density at radius 3 is 3.12 bits per heavy atom. The lowest BCUT2D eigenvalue weighted by Gasteiger charge is -2.02. The Kier molecular flexibility index (Phi) is 2.66. The molecule has 5 nitrogen and oxygen atoms in total. The van der Waals surface area contributed by atoms with Crippen LogP contribution in [0.4, 0.5) is 0 Å². The van der Waals surface area contributed by atoms with Crippen molar-refractivity contribution in [1.82, 2.24) is 24.5 Å². The molecule has 88 valence electrons. The highest BCUT2D eigenvalue weighted by Crippen LogP contribution is 2.11. The molecule has 6 heteroatoms. The molecule has 3 aromatic rings. The van der Waals surface area contributed by atoms with E-state index in [9.17, 15) is 0 Å². The SMILES string of the molecule is Cn1nccc1CNCc1cn2ccsc2n1. The van der Waals surface area contributed by atoms with Crippen molar-refractivity contribution in [3.05, 3.63) is 41.4 Å². The zero-order chi connectivity index (χ0) is 11.7. The van der Waals surface area contributed by atoms with Crippen molar-refractivity contribution in [3.8, 4) is 0 Å². The molecule has 0 saturated carbocycles. The molecular formula is C11H13N5S. The Balaban J connectivity index is 1.61. The number of fused-ring (bicyclic) bond motifs is 1. The van der Waals surface area contributed by atoms with Crippen LogP contribution in [0.15, 0.2) is 30.0 Å². The predicted molar refractivity (Wildman–Crippen MR) is 66.8 cm³/mol. The zero-order valence-corrected chi connectivity index (χ0v) is 10.3. The lowest BCUT2D eigenvalue weighted by Crippen LogP contribution is -2.15. The van der Waals surface area contributed by atoms with Gasteiger partial charge in [-0.05, 0) is 6.07 Å². The van der Waals surface area contributed by atoms with Crippen molar-refractivity contribution in [1.29, 1.82) is 0 Å². The Hall–Kier alpha value is -1.66. The van der Waals surface area contributed by atoms with Crippen LogP contribution < -0.4 is 5.32 Å². The average molecular weight is 247 g/mol. The summed E-state index contributed by atoms with van der Waals surface area (Å²) in [5, 5.41) is 9.53. The van der Waals surface area contributed by atoms with Crippen LogP contribution in [-0.2, 0) is 20.1 Å². The minimum atomic E-state index is 0.777. The van der Waals surface area contributed by atoms with Gasteiger partial charge in [0, 0.05) is 44.1 Å². The second-order valence-corrected chi connectivity index (χ2v) is 4.75. The van der Waals surface area contributed by atoms with Crippen molar-refractivity contribution >= 4 is 16.3 Å². The highest BCUT2D eigenvalue weighted by atomic mass is 32.1. The first-order valence-corrected chi connectivity index (χ1v) is 6.29. The third kappa shape index (κ3) is 2.09. The maximum atomic E-state index is 4.51. The number of rotatable bonds is 4. The van der Waals surface area contributed by atoms with E-state index in [0.29, 0.717) is 0 Å². The molecule has 17 heavy (non-hydrogen) atoms. The van der Waals surface area contributed by atoms with Crippen molar-refractivity contribution in [2.24, 2.45) is 7.05 Å². The smallest absolute Gasteiger partial charge is 0.193 e. The number of hydrogen-bond donors (Lipinski definition) is 1. The molecule has 0 saturated heterocycles. The van der Waals surface area contributed by atoms with Gasteiger partial charge < -0.3 is 5.32 Å². The summed E-state index contributed by atoms with van der Waals surface area (Å²) in [5.41, 5.74) is 2.24. The van der Waals surface area contributed by atoms with Gasteiger partial charge in [-0.1, -0.05) is 0 Å². The Labute approximate surface area is 103 Å². The van der Waals surface area contributed by atoms with Crippen LogP contribution in [0.25, 0.3) is 4.96 Å². The number of nitrogens with one attached hydrogen (secondary N) is 1. The molecule has 0 aliphatic rings. The summed E-state index contributed by atoms with van der Waals surface area (Å²) >= 11 is 1.65. The van der Waals surface area contributed by atoms with Crippen LogP contribution >= 0.6 is 11.3 Å². The molecule has 0 radical (unpaired) electrons. The van der Waals surface area contributed by atoms with Gasteiger partial charge in [-0.25, -0.2) is 4.98 Å². The van der Waals surface area contributed by atoms with Gasteiger partial charge in [-0.15, -0.1) is 11.3 Å². The maximum Gasteiger partial charge on any atom is 0.193 e. The van der Waals surface area contributed by atoms with E-state index in [0.717, 1.165) is 23.7 Å². The molecule has 0 unspecified atom stereocenters. The van der Waals surface area contributed by atoms with Gasteiger partial charge in [-0.3, -0.25) is 9.08 Å². The van der Waals surface area contributed by atoms with Gasteiger partial charge in [-0.2, -0.15) is 5.10 Å². The minimum absolute atomic E-state index is 0.777. The van der Waals surface area contributed by atoms with Crippen molar-refractivity contribution in [2.75, 3.05) is 0 Å². The largest absolute Gasteiger partial charge is 0.305 e. The van der Waals surface area contributed by atoms with Crippen LogP contribution in [0, 0.1) is 0 Å². The Morgan fingerprint density at radius 2 is 2.35 bits per heavy atom. The molecule has 0 fully saturated rings. The molecule has 0 aromatic carbocycles. The summed E-state index contributed by atoms with van der Waals surface area (Å²) in [7, 11) is 1.95. The lowest BCUT2D eigenvalue weighted by atomic mass is 10.4. The highest BCUT2D eigenvalue weighted by molar-refractivity contribution is 7.15. The Bertz CT molecular complexity index is 592. The predicted octanol–water partition coefficient (Wildman–Crippen LogP) is 1.42. The van der Waals surface area contributed by atoms with E-state index in [4.69, 9.17) is 0 Å². The van der Waals surface area contributed by atoms with E-state index >= 15 is 0 Å². The molecule has 0 bridgehead atoms. The zero-order valence-electron chi connectivity index (χ0n) is 9.50. The molecule has 0 spiro atoms. The van der Waals surface area contributed by atoms with Crippen LogP contribution in [0.3, 0.4) is 0 Å². The van der Waals surface area contributed by atoms with Gasteiger partial charge >= 0.3 is 0 Å². The number of imidazole rings is 1. The molecule has 3 rings (SSSR count). The standard InChI is InChI=1S/C11H13N5S/c1-15-10(2-3-13-15)7-12-6-9-8-16-4-5-17-11(16)14-9/h2-5,8,12H,6-7H2,1H3. The number of nitrogens with zero attached hydrogens (tertiary/aromatic N) is 4. The van der Waals surface area contributed by atoms with E-state index in [1.165, 1.54) is 5.69 Å². The molecular weight excluding hydrogens is 234 g/mol. The normalized spacial score (nSPS) is 11.4. The van der Waals surface area contributed by atoms with E-state index in [1.807, 2.05) is 40.0 Å². The minimum Gasteiger partial charge on any atom is -0.305 e. The van der Waals surface area contributed by atoms with Gasteiger partial charge in [0.15, 0.2) is 4.96 Å². The fraction of sp³-hybridized carbons (Fsp3) is 0.273. The summed E-state index contributed by atoms with van der Waals surface area (Å²) in [5.74, 6) is 0. The van der Waals surface area contributed by atoms with E-state index in [1.54, 1.807) is 11.3 Å². The summed E-state index contributed by atoms with van der Waals surface area (Å²) in [4.78, 5) is 5.55. The highest BCUT2D eigenvalue weighted by Gasteiger charge is 2.02. The van der Waals surface area contributed by atoms with Crippen LogP contribution in [0.1, 0.15) is 11.4 Å². The second-order valence-electron chi connectivity index (χ2n) is 3.87. The fourth-order valence-corrected chi connectivity index (χ4v) is 2.47. The van der Waals surface area contributed by atoms with Gasteiger partial charge in [0.2, 0.25) is 0 Å². The monoisotopic (exact) mass is 247 g/mol. The first-order chi connectivity index (χ1) is 8.33. The average Bonchev–Trinajstić information content (AvgIpc) is 2.95. The topological polar surface area (TPSA) is 47.2 Å². The third-order valence-corrected chi connectivity index (χ3v) is 3.45. The molecule has 3 aromatic heterocycles. The second kappa shape index (κ2) is 4.31. The molecule has 0 aliphatic carbocycles. The van der Waals surface area contributed by atoms with Crippen LogP contribution in [0.5, 0.6) is 0 Å². The van der Waals surface area contributed by atoms with Crippen molar-refractivity contribution in [3.63, 3.8) is 0 Å². The van der Waals surface area contributed by atoms with E-state index in [-0.39, 0.29) is 0 Å². The lowest BCUT2D eigenvalue weighted by molar-refractivity contribution is 0.621. The molecule has 0 atom stereocenters. The van der Waals surface area contributed by atoms with E-state index < -0.39 is 0 Å². The molecule has 0 amide bonds. The maximum absolute atomic E-state index is 4.51. The van der Waals surface area contributed by atoms with Crippen LogP contribution in [-0.4, -0.2) is 19.2 Å². The van der Waals surface area contributed by atoms with Gasteiger partial charge in [0.1, 0.15) is 0 Å². The van der Waals surface area contributed by atoms with Gasteiger partial charge in [0.05, 0.1) is 11.4 Å². The first kappa shape index (κ1) is 10.5. The summed E-state index contributed by atoms with van der Waals surface area (Å²) in [6.45, 7) is 1.58. The quantitative estimate of drug-likeness (QED) is 0.758. The van der Waals surface area contributed by atoms with Crippen molar-refractivity contribution in [2.45, 2.75) is 13.1 Å². The number of thiazole rings is 1. The molecule has 1 N–H and O–H groups in total. The van der Waals surface area contributed by atoms with Crippen LogP contribution in [0.2, 0.25) is 0 Å². The first-order valence-electron chi connectivity index (χ1n) is 5.41. The number of aryl methyl sites for hydroxylation is 1. The van der Waals surface area contributed by atoms with Crippen molar-refractivity contribution < 1.29 is 0 Å². The Morgan fingerprint density at radius 1 is 1.41 bits per heavy atom. The number of hydrogen-bond acceptors (Lipinski definition) is 4. The van der Waals surface area contributed by atoms with E-state index in [2.05, 4.69) is 21.6 Å². The van der Waals surface area contributed by atoms with Gasteiger partial charge in [0.25, 0.3) is 0 Å². The summed E-state index contributed by atoms with van der Waals surface area (Å²) in [6, 6.07) is 2.01. The fourth-order valence-electron chi connectivity index (χ4n) is 1.75. The third-order valence-electron chi connectivity index (χ3n) is 2.68. The molecule has 0 aliphatic heterocycles. The molecule has 3 heterocycles.